The Labute approximate surface area is 128 Å². The summed E-state index contributed by atoms with van der Waals surface area (Å²) in [7, 11) is 0. The Morgan fingerprint density at radius 1 is 1.33 bits per heavy atom. The molecule has 120 valence electrons. The van der Waals surface area contributed by atoms with E-state index in [1.54, 1.807) is 12.1 Å². The monoisotopic (exact) mass is 320 g/mol. The molecule has 0 radical (unpaired) electrons. The summed E-state index contributed by atoms with van der Waals surface area (Å²) < 4.78 is 29.5. The fraction of sp³-hybridized carbons (Fsp3) is 0.643. The minimum atomic E-state index is -2.39. The van der Waals surface area contributed by atoms with Gasteiger partial charge in [0.1, 0.15) is 11.5 Å². The van der Waals surface area contributed by atoms with Gasteiger partial charge in [0.25, 0.3) is 5.76 Å². The van der Waals surface area contributed by atoms with E-state index < -0.39 is 5.76 Å². The number of nitrogens with one attached hydrogen (secondary N) is 2. The van der Waals surface area contributed by atoms with Gasteiger partial charge in [0.15, 0.2) is 0 Å². The number of amides is 1. The summed E-state index contributed by atoms with van der Waals surface area (Å²) in [6.45, 7) is 6.80. The molecule has 1 aromatic rings. The standard InChI is InChI=1S/C14H22F2N2O2S/c1-14(2,3)18-12(19)6-7-17-8-10-4-5-11(20-10)9-21-13(15)16/h4-5,13,17H,6-9H2,1-3H3,(H,18,19). The second-order valence-electron chi connectivity index (χ2n) is 5.66. The van der Waals surface area contributed by atoms with Crippen molar-refractivity contribution < 1.29 is 18.0 Å². The van der Waals surface area contributed by atoms with Crippen LogP contribution in [-0.4, -0.2) is 23.7 Å². The molecular formula is C14H22F2N2O2S. The predicted molar refractivity (Wildman–Crippen MR) is 80.2 cm³/mol. The number of halogens is 2. The molecule has 0 unspecified atom stereocenters. The lowest BCUT2D eigenvalue weighted by atomic mass is 10.1. The summed E-state index contributed by atoms with van der Waals surface area (Å²) in [5.74, 6) is -1.04. The lowest BCUT2D eigenvalue weighted by molar-refractivity contribution is -0.122. The van der Waals surface area contributed by atoms with E-state index in [1.807, 2.05) is 20.8 Å². The molecule has 0 aliphatic carbocycles. The van der Waals surface area contributed by atoms with Crippen LogP contribution in [0.25, 0.3) is 0 Å². The second-order valence-corrected chi connectivity index (χ2v) is 6.64. The lowest BCUT2D eigenvalue weighted by Crippen LogP contribution is -2.41. The number of carbonyl (C=O) groups is 1. The van der Waals surface area contributed by atoms with Gasteiger partial charge < -0.3 is 15.1 Å². The fourth-order valence-corrected chi connectivity index (χ4v) is 2.08. The smallest absolute Gasteiger partial charge is 0.284 e. The molecule has 0 aliphatic rings. The van der Waals surface area contributed by atoms with Gasteiger partial charge in [-0.05, 0) is 32.9 Å². The first-order chi connectivity index (χ1) is 9.76. The van der Waals surface area contributed by atoms with Crippen LogP contribution in [0.1, 0.15) is 38.7 Å². The maximum atomic E-state index is 12.0. The van der Waals surface area contributed by atoms with Crippen LogP contribution in [0.5, 0.6) is 0 Å². The van der Waals surface area contributed by atoms with E-state index in [0.29, 0.717) is 42.8 Å². The number of hydrogen-bond acceptors (Lipinski definition) is 4. The fourth-order valence-electron chi connectivity index (χ4n) is 1.63. The number of rotatable bonds is 8. The average Bonchev–Trinajstić information content (AvgIpc) is 2.78. The van der Waals surface area contributed by atoms with Crippen LogP contribution in [0.3, 0.4) is 0 Å². The lowest BCUT2D eigenvalue weighted by Gasteiger charge is -2.20. The van der Waals surface area contributed by atoms with Crippen LogP contribution in [0.4, 0.5) is 8.78 Å². The van der Waals surface area contributed by atoms with Gasteiger partial charge in [-0.1, -0.05) is 11.8 Å². The zero-order valence-electron chi connectivity index (χ0n) is 12.5. The van der Waals surface area contributed by atoms with E-state index in [0.717, 1.165) is 0 Å². The van der Waals surface area contributed by atoms with Gasteiger partial charge in [-0.3, -0.25) is 4.79 Å². The highest BCUT2D eigenvalue weighted by Gasteiger charge is 2.13. The highest BCUT2D eigenvalue weighted by atomic mass is 32.2. The summed E-state index contributed by atoms with van der Waals surface area (Å²) in [5.41, 5.74) is -0.227. The Balaban J connectivity index is 2.20. The van der Waals surface area contributed by atoms with Gasteiger partial charge >= 0.3 is 0 Å². The van der Waals surface area contributed by atoms with Crippen molar-refractivity contribution in [3.63, 3.8) is 0 Å². The molecule has 0 bridgehead atoms. The quantitative estimate of drug-likeness (QED) is 0.723. The van der Waals surface area contributed by atoms with Gasteiger partial charge in [0, 0.05) is 18.5 Å². The average molecular weight is 320 g/mol. The Bertz CT molecular complexity index is 444. The number of alkyl halides is 2. The molecule has 1 heterocycles. The van der Waals surface area contributed by atoms with Gasteiger partial charge in [-0.25, -0.2) is 0 Å². The zero-order valence-corrected chi connectivity index (χ0v) is 13.4. The molecule has 21 heavy (non-hydrogen) atoms. The second kappa shape index (κ2) is 8.38. The van der Waals surface area contributed by atoms with E-state index in [1.165, 1.54) is 0 Å². The SMILES string of the molecule is CC(C)(C)NC(=O)CCNCc1ccc(CSC(F)F)o1. The topological polar surface area (TPSA) is 54.3 Å². The van der Waals surface area contributed by atoms with E-state index >= 15 is 0 Å². The largest absolute Gasteiger partial charge is 0.464 e. The van der Waals surface area contributed by atoms with Crippen LogP contribution < -0.4 is 10.6 Å². The predicted octanol–water partition coefficient (Wildman–Crippen LogP) is 3.13. The van der Waals surface area contributed by atoms with Crippen molar-refractivity contribution >= 4 is 17.7 Å². The minimum absolute atomic E-state index is 0.0107. The maximum Gasteiger partial charge on any atom is 0.284 e. The van der Waals surface area contributed by atoms with Crippen LogP contribution >= 0.6 is 11.8 Å². The Morgan fingerprint density at radius 3 is 2.62 bits per heavy atom. The molecule has 7 heteroatoms. The van der Waals surface area contributed by atoms with E-state index in [4.69, 9.17) is 4.42 Å². The highest BCUT2D eigenvalue weighted by Crippen LogP contribution is 2.21. The maximum absolute atomic E-state index is 12.0. The molecule has 0 spiro atoms. The van der Waals surface area contributed by atoms with E-state index in [9.17, 15) is 13.6 Å². The molecule has 0 saturated carbocycles. The molecule has 0 saturated heterocycles. The van der Waals surface area contributed by atoms with Crippen molar-refractivity contribution in [2.24, 2.45) is 0 Å². The molecule has 1 rings (SSSR count). The molecule has 4 nitrogen and oxygen atoms in total. The summed E-state index contributed by atoms with van der Waals surface area (Å²) in [5, 5.41) is 5.96. The Kier molecular flexibility index (Phi) is 7.17. The number of furan rings is 1. The van der Waals surface area contributed by atoms with E-state index in [2.05, 4.69) is 10.6 Å². The van der Waals surface area contributed by atoms with Crippen molar-refractivity contribution in [2.45, 2.75) is 50.8 Å². The van der Waals surface area contributed by atoms with Gasteiger partial charge in [0.2, 0.25) is 5.91 Å². The van der Waals surface area contributed by atoms with Crippen LogP contribution in [0.15, 0.2) is 16.5 Å². The van der Waals surface area contributed by atoms with Crippen LogP contribution in [-0.2, 0) is 17.1 Å². The van der Waals surface area contributed by atoms with Crippen LogP contribution in [0, 0.1) is 0 Å². The summed E-state index contributed by atoms with van der Waals surface area (Å²) in [6.07, 6.45) is 0.381. The molecule has 0 atom stereocenters. The Hall–Kier alpha value is -1.08. The molecule has 0 aliphatic heterocycles. The van der Waals surface area contributed by atoms with Crippen molar-refractivity contribution in [2.75, 3.05) is 6.54 Å². The molecule has 0 aromatic carbocycles. The third-order valence-electron chi connectivity index (χ3n) is 2.41. The molecule has 1 aromatic heterocycles. The Morgan fingerprint density at radius 2 is 2.00 bits per heavy atom. The summed E-state index contributed by atoms with van der Waals surface area (Å²) in [4.78, 5) is 11.6. The van der Waals surface area contributed by atoms with Gasteiger partial charge in [-0.2, -0.15) is 8.78 Å². The minimum Gasteiger partial charge on any atom is -0.464 e. The third-order valence-corrected chi connectivity index (χ3v) is 3.11. The first-order valence-corrected chi connectivity index (χ1v) is 7.80. The van der Waals surface area contributed by atoms with Crippen molar-refractivity contribution in [3.05, 3.63) is 23.7 Å². The number of carbonyl (C=O) groups excluding carboxylic acids is 1. The van der Waals surface area contributed by atoms with E-state index in [-0.39, 0.29) is 17.2 Å². The first kappa shape index (κ1) is 18.0. The van der Waals surface area contributed by atoms with Crippen LogP contribution in [0.2, 0.25) is 0 Å². The molecule has 2 N–H and O–H groups in total. The van der Waals surface area contributed by atoms with Crippen molar-refractivity contribution in [1.29, 1.82) is 0 Å². The normalized spacial score (nSPS) is 11.9. The number of hydrogen-bond donors (Lipinski definition) is 2. The first-order valence-electron chi connectivity index (χ1n) is 6.75. The van der Waals surface area contributed by atoms with Crippen molar-refractivity contribution in [3.8, 4) is 0 Å². The molecule has 1 amide bonds. The zero-order chi connectivity index (χ0) is 15.9. The number of thioether (sulfide) groups is 1. The molecule has 0 fully saturated rings. The highest BCUT2D eigenvalue weighted by molar-refractivity contribution is 7.98. The third kappa shape index (κ3) is 8.72. The summed E-state index contributed by atoms with van der Waals surface area (Å²) >= 11 is 0.535. The van der Waals surface area contributed by atoms with Gasteiger partial charge in [-0.15, -0.1) is 0 Å². The van der Waals surface area contributed by atoms with Crippen molar-refractivity contribution in [1.82, 2.24) is 10.6 Å². The summed E-state index contributed by atoms with van der Waals surface area (Å²) in [6, 6.07) is 3.45. The molecular weight excluding hydrogens is 298 g/mol. The van der Waals surface area contributed by atoms with Gasteiger partial charge in [0.05, 0.1) is 12.3 Å².